The minimum atomic E-state index is 0.0773. The fourth-order valence-electron chi connectivity index (χ4n) is 3.71. The highest BCUT2D eigenvalue weighted by molar-refractivity contribution is 5.92. The van der Waals surface area contributed by atoms with Crippen molar-refractivity contribution in [2.75, 3.05) is 25.0 Å². The predicted octanol–water partition coefficient (Wildman–Crippen LogP) is 3.39. The number of fused-ring (bicyclic) bond motifs is 1. The van der Waals surface area contributed by atoms with E-state index in [0.717, 1.165) is 31.7 Å². The first-order valence-electron chi connectivity index (χ1n) is 8.89. The molecule has 1 aromatic rings. The number of carbonyl (C=O) groups is 1. The van der Waals surface area contributed by atoms with Crippen LogP contribution in [0.2, 0.25) is 0 Å². The van der Waals surface area contributed by atoms with Gasteiger partial charge in [-0.3, -0.25) is 9.69 Å². The van der Waals surface area contributed by atoms with Crippen LogP contribution >= 0.6 is 0 Å². The van der Waals surface area contributed by atoms with Crippen molar-refractivity contribution in [3.8, 4) is 0 Å². The molecule has 126 valence electrons. The predicted molar refractivity (Wildman–Crippen MR) is 92.7 cm³/mol. The van der Waals surface area contributed by atoms with Crippen molar-refractivity contribution in [2.24, 2.45) is 0 Å². The molecule has 0 spiro atoms. The lowest BCUT2D eigenvalue weighted by Crippen LogP contribution is -2.54. The number of nitrogens with zero attached hydrogens (tertiary/aromatic N) is 1. The van der Waals surface area contributed by atoms with E-state index in [1.54, 1.807) is 0 Å². The number of morpholine rings is 1. The molecule has 1 aliphatic carbocycles. The highest BCUT2D eigenvalue weighted by atomic mass is 16.5. The van der Waals surface area contributed by atoms with E-state index in [0.29, 0.717) is 24.6 Å². The smallest absolute Gasteiger partial charge is 0.238 e. The van der Waals surface area contributed by atoms with Gasteiger partial charge in [0, 0.05) is 18.3 Å². The zero-order valence-electron chi connectivity index (χ0n) is 14.3. The third-order valence-corrected chi connectivity index (χ3v) is 5.05. The van der Waals surface area contributed by atoms with E-state index in [-0.39, 0.29) is 5.91 Å². The number of carbonyl (C=O) groups excluding carboxylic acids is 1. The minimum Gasteiger partial charge on any atom is -0.375 e. The second-order valence-electron chi connectivity index (χ2n) is 7.06. The molecule has 2 aliphatic rings. The molecule has 1 saturated carbocycles. The number of anilines is 1. The zero-order chi connectivity index (χ0) is 16.2. The van der Waals surface area contributed by atoms with Crippen LogP contribution in [0.5, 0.6) is 0 Å². The van der Waals surface area contributed by atoms with E-state index in [2.05, 4.69) is 36.2 Å². The van der Waals surface area contributed by atoms with Crippen molar-refractivity contribution in [3.63, 3.8) is 0 Å². The van der Waals surface area contributed by atoms with Gasteiger partial charge in [0.15, 0.2) is 0 Å². The van der Waals surface area contributed by atoms with E-state index in [1.165, 1.54) is 18.4 Å². The summed E-state index contributed by atoms with van der Waals surface area (Å²) in [6.45, 7) is 6.42. The van der Waals surface area contributed by atoms with E-state index in [1.807, 2.05) is 12.1 Å². The van der Waals surface area contributed by atoms with Gasteiger partial charge in [-0.25, -0.2) is 0 Å². The molecule has 2 fully saturated rings. The standard InChI is InChI=1S/C19H28N2O2/c1-14(2)15-7-9-16(10-8-15)20-19(22)13-21-11-12-23-18-6-4-3-5-17(18)21/h7-10,14,17-18H,3-6,11-13H2,1-2H3,(H,20,22). The monoisotopic (exact) mass is 316 g/mol. The summed E-state index contributed by atoms with van der Waals surface area (Å²) in [6.07, 6.45) is 5.12. The zero-order valence-corrected chi connectivity index (χ0v) is 14.3. The Labute approximate surface area is 139 Å². The Kier molecular flexibility index (Phi) is 5.34. The molecule has 0 bridgehead atoms. The lowest BCUT2D eigenvalue weighted by atomic mass is 9.90. The third kappa shape index (κ3) is 4.12. The van der Waals surface area contributed by atoms with Crippen molar-refractivity contribution >= 4 is 11.6 Å². The quantitative estimate of drug-likeness (QED) is 0.926. The number of benzene rings is 1. The number of hydrogen-bond acceptors (Lipinski definition) is 3. The summed E-state index contributed by atoms with van der Waals surface area (Å²) in [5.41, 5.74) is 2.18. The lowest BCUT2D eigenvalue weighted by Gasteiger charge is -2.43. The van der Waals surface area contributed by atoms with E-state index >= 15 is 0 Å². The fraction of sp³-hybridized carbons (Fsp3) is 0.632. The average Bonchev–Trinajstić information content (AvgIpc) is 2.55. The highest BCUT2D eigenvalue weighted by Gasteiger charge is 2.34. The molecule has 4 heteroatoms. The number of nitrogens with one attached hydrogen (secondary N) is 1. The van der Waals surface area contributed by atoms with E-state index < -0.39 is 0 Å². The maximum atomic E-state index is 12.4. The average molecular weight is 316 g/mol. The molecular weight excluding hydrogens is 288 g/mol. The van der Waals surface area contributed by atoms with E-state index in [4.69, 9.17) is 4.74 Å². The topological polar surface area (TPSA) is 41.6 Å². The van der Waals surface area contributed by atoms with Crippen molar-refractivity contribution in [1.29, 1.82) is 0 Å². The summed E-state index contributed by atoms with van der Waals surface area (Å²) in [5.74, 6) is 0.588. The number of amides is 1. The Morgan fingerprint density at radius 2 is 2.00 bits per heavy atom. The second kappa shape index (κ2) is 7.45. The molecule has 3 rings (SSSR count). The Bertz CT molecular complexity index is 525. The second-order valence-corrected chi connectivity index (χ2v) is 7.06. The molecule has 1 aromatic carbocycles. The van der Waals surface area contributed by atoms with Gasteiger partial charge in [0.25, 0.3) is 0 Å². The first kappa shape index (κ1) is 16.5. The van der Waals surface area contributed by atoms with Gasteiger partial charge in [0.05, 0.1) is 19.3 Å². The normalized spacial score (nSPS) is 25.2. The first-order chi connectivity index (χ1) is 11.1. The Morgan fingerprint density at radius 3 is 2.74 bits per heavy atom. The third-order valence-electron chi connectivity index (χ3n) is 5.05. The van der Waals surface area contributed by atoms with Gasteiger partial charge in [-0.1, -0.05) is 38.8 Å². The highest BCUT2D eigenvalue weighted by Crippen LogP contribution is 2.28. The molecular formula is C19H28N2O2. The Balaban J connectivity index is 1.56. The van der Waals surface area contributed by atoms with Crippen molar-refractivity contribution in [2.45, 2.75) is 57.6 Å². The van der Waals surface area contributed by atoms with Crippen LogP contribution < -0.4 is 5.32 Å². The van der Waals surface area contributed by atoms with Gasteiger partial charge >= 0.3 is 0 Å². The van der Waals surface area contributed by atoms with E-state index in [9.17, 15) is 4.79 Å². The number of hydrogen-bond donors (Lipinski definition) is 1. The summed E-state index contributed by atoms with van der Waals surface area (Å²) in [5, 5.41) is 3.03. The Hall–Kier alpha value is -1.39. The molecule has 1 saturated heterocycles. The van der Waals surface area contributed by atoms with Crippen LogP contribution in [0.1, 0.15) is 51.0 Å². The fourth-order valence-corrected chi connectivity index (χ4v) is 3.71. The van der Waals surface area contributed by atoms with Crippen LogP contribution in [-0.4, -0.2) is 42.6 Å². The van der Waals surface area contributed by atoms with Gasteiger partial charge in [0.2, 0.25) is 5.91 Å². The summed E-state index contributed by atoms with van der Waals surface area (Å²) < 4.78 is 5.87. The first-order valence-corrected chi connectivity index (χ1v) is 8.89. The molecule has 0 aromatic heterocycles. The van der Waals surface area contributed by atoms with Crippen molar-refractivity contribution in [1.82, 2.24) is 4.90 Å². The molecule has 1 N–H and O–H groups in total. The van der Waals surface area contributed by atoms with Gasteiger partial charge in [-0.15, -0.1) is 0 Å². The van der Waals surface area contributed by atoms with Crippen LogP contribution in [0.15, 0.2) is 24.3 Å². The molecule has 0 radical (unpaired) electrons. The summed E-state index contributed by atoms with van der Waals surface area (Å²) in [4.78, 5) is 14.7. The molecule has 2 atom stereocenters. The molecule has 1 amide bonds. The maximum absolute atomic E-state index is 12.4. The van der Waals surface area contributed by atoms with Crippen LogP contribution in [0, 0.1) is 0 Å². The maximum Gasteiger partial charge on any atom is 0.238 e. The largest absolute Gasteiger partial charge is 0.375 e. The SMILES string of the molecule is CC(C)c1ccc(NC(=O)CN2CCOC3CCCCC32)cc1. The lowest BCUT2D eigenvalue weighted by molar-refractivity contribution is -0.124. The molecule has 23 heavy (non-hydrogen) atoms. The van der Waals surface area contributed by atoms with Gasteiger partial charge in [-0.05, 0) is 36.5 Å². The molecule has 1 heterocycles. The van der Waals surface area contributed by atoms with Crippen LogP contribution in [0.25, 0.3) is 0 Å². The molecule has 2 unspecified atom stereocenters. The van der Waals surface area contributed by atoms with Crippen LogP contribution in [0.3, 0.4) is 0 Å². The van der Waals surface area contributed by atoms with Crippen molar-refractivity contribution in [3.05, 3.63) is 29.8 Å². The summed E-state index contributed by atoms with van der Waals surface area (Å²) >= 11 is 0. The number of ether oxygens (including phenoxy) is 1. The molecule has 4 nitrogen and oxygen atoms in total. The van der Waals surface area contributed by atoms with Gasteiger partial charge < -0.3 is 10.1 Å². The van der Waals surface area contributed by atoms with Crippen molar-refractivity contribution < 1.29 is 9.53 Å². The minimum absolute atomic E-state index is 0.0773. The molecule has 1 aliphatic heterocycles. The number of rotatable bonds is 4. The van der Waals surface area contributed by atoms with Gasteiger partial charge in [-0.2, -0.15) is 0 Å². The summed E-state index contributed by atoms with van der Waals surface area (Å²) in [7, 11) is 0. The van der Waals surface area contributed by atoms with Crippen LogP contribution in [0.4, 0.5) is 5.69 Å². The Morgan fingerprint density at radius 1 is 1.26 bits per heavy atom. The summed E-state index contributed by atoms with van der Waals surface area (Å²) in [6, 6.07) is 8.59. The van der Waals surface area contributed by atoms with Crippen LogP contribution in [-0.2, 0) is 9.53 Å². The van der Waals surface area contributed by atoms with Gasteiger partial charge in [0.1, 0.15) is 0 Å².